The Labute approximate surface area is 64.7 Å². The van der Waals surface area contributed by atoms with Crippen molar-refractivity contribution in [3.8, 4) is 0 Å². The van der Waals surface area contributed by atoms with Gasteiger partial charge in [0, 0.05) is 6.04 Å². The first-order valence-corrected chi connectivity index (χ1v) is 3.86. The summed E-state index contributed by atoms with van der Waals surface area (Å²) in [7, 11) is 4.24. The third-order valence-corrected chi connectivity index (χ3v) is 1.99. The minimum atomic E-state index is 0.663. The van der Waals surface area contributed by atoms with Crippen LogP contribution in [-0.4, -0.2) is 25.0 Å². The Morgan fingerprint density at radius 3 is 2.30 bits per heavy atom. The Morgan fingerprint density at radius 2 is 2.00 bits per heavy atom. The van der Waals surface area contributed by atoms with E-state index in [1.165, 1.54) is 12.0 Å². The van der Waals surface area contributed by atoms with Crippen molar-refractivity contribution in [2.24, 2.45) is 0 Å². The molecule has 0 aliphatic carbocycles. The minimum Gasteiger partial charge on any atom is -0.306 e. The molecule has 1 unspecified atom stereocenters. The molecule has 0 aliphatic rings. The average molecular weight is 141 g/mol. The van der Waals surface area contributed by atoms with Gasteiger partial charge in [0.25, 0.3) is 0 Å². The molecule has 0 radical (unpaired) electrons. The maximum absolute atomic E-state index is 2.24. The Hall–Kier alpha value is -0.300. The second-order valence-corrected chi connectivity index (χ2v) is 3.15. The summed E-state index contributed by atoms with van der Waals surface area (Å²) in [6.45, 7) is 6.52. The van der Waals surface area contributed by atoms with Crippen LogP contribution in [0.1, 0.15) is 27.2 Å². The lowest BCUT2D eigenvalue weighted by molar-refractivity contribution is 0.312. The van der Waals surface area contributed by atoms with Crippen LogP contribution in [0.5, 0.6) is 0 Å². The Morgan fingerprint density at radius 1 is 1.50 bits per heavy atom. The van der Waals surface area contributed by atoms with Gasteiger partial charge in [-0.2, -0.15) is 0 Å². The van der Waals surface area contributed by atoms with E-state index in [1.54, 1.807) is 0 Å². The molecule has 0 bridgehead atoms. The quantitative estimate of drug-likeness (QED) is 0.545. The van der Waals surface area contributed by atoms with E-state index in [0.29, 0.717) is 6.04 Å². The van der Waals surface area contributed by atoms with E-state index < -0.39 is 0 Å². The summed E-state index contributed by atoms with van der Waals surface area (Å²) in [4.78, 5) is 2.24. The SMILES string of the molecule is CC=C(C)CC(C)N(C)C. The van der Waals surface area contributed by atoms with Gasteiger partial charge in [0.05, 0.1) is 0 Å². The molecule has 1 heteroatoms. The molecule has 0 N–H and O–H groups in total. The summed E-state index contributed by atoms with van der Waals surface area (Å²) in [6.07, 6.45) is 3.36. The number of hydrogen-bond donors (Lipinski definition) is 0. The van der Waals surface area contributed by atoms with Gasteiger partial charge >= 0.3 is 0 Å². The molecule has 0 amide bonds. The largest absolute Gasteiger partial charge is 0.306 e. The molecule has 0 aliphatic heterocycles. The minimum absolute atomic E-state index is 0.663. The van der Waals surface area contributed by atoms with Gasteiger partial charge in [0.1, 0.15) is 0 Å². The van der Waals surface area contributed by atoms with Crippen LogP contribution in [0.3, 0.4) is 0 Å². The van der Waals surface area contributed by atoms with Crippen molar-refractivity contribution in [1.29, 1.82) is 0 Å². The third kappa shape index (κ3) is 3.67. The normalized spacial score (nSPS) is 16.0. The molecule has 0 saturated carbocycles. The highest BCUT2D eigenvalue weighted by molar-refractivity contribution is 4.97. The summed E-state index contributed by atoms with van der Waals surface area (Å²) >= 11 is 0. The van der Waals surface area contributed by atoms with Crippen molar-refractivity contribution in [1.82, 2.24) is 4.90 Å². The topological polar surface area (TPSA) is 3.24 Å². The molecule has 0 heterocycles. The molecule has 10 heavy (non-hydrogen) atoms. The molecule has 0 saturated heterocycles. The van der Waals surface area contributed by atoms with Crippen molar-refractivity contribution in [3.05, 3.63) is 11.6 Å². The number of rotatable bonds is 3. The van der Waals surface area contributed by atoms with Crippen LogP contribution in [0.4, 0.5) is 0 Å². The molecule has 0 aromatic rings. The maximum atomic E-state index is 2.24. The number of allylic oxidation sites excluding steroid dienone is 1. The van der Waals surface area contributed by atoms with Gasteiger partial charge in [-0.15, -0.1) is 0 Å². The Bertz CT molecular complexity index is 114. The fourth-order valence-electron chi connectivity index (χ4n) is 0.766. The van der Waals surface area contributed by atoms with E-state index in [4.69, 9.17) is 0 Å². The van der Waals surface area contributed by atoms with Crippen LogP contribution in [0, 0.1) is 0 Å². The second-order valence-electron chi connectivity index (χ2n) is 3.15. The average Bonchev–Trinajstić information content (AvgIpc) is 1.87. The van der Waals surface area contributed by atoms with Crippen LogP contribution < -0.4 is 0 Å². The molecular formula is C9H19N. The van der Waals surface area contributed by atoms with Crippen molar-refractivity contribution in [3.63, 3.8) is 0 Å². The van der Waals surface area contributed by atoms with Crippen LogP contribution in [0.2, 0.25) is 0 Å². The molecule has 1 nitrogen and oxygen atoms in total. The molecule has 1 atom stereocenters. The smallest absolute Gasteiger partial charge is 0.00978 e. The van der Waals surface area contributed by atoms with Gasteiger partial charge < -0.3 is 4.90 Å². The summed E-state index contributed by atoms with van der Waals surface area (Å²) in [5, 5.41) is 0. The maximum Gasteiger partial charge on any atom is 0.00978 e. The first kappa shape index (κ1) is 9.70. The van der Waals surface area contributed by atoms with Gasteiger partial charge in [0.15, 0.2) is 0 Å². The van der Waals surface area contributed by atoms with Crippen molar-refractivity contribution in [2.45, 2.75) is 33.2 Å². The highest BCUT2D eigenvalue weighted by Crippen LogP contribution is 2.06. The summed E-state index contributed by atoms with van der Waals surface area (Å²) in [5.74, 6) is 0. The summed E-state index contributed by atoms with van der Waals surface area (Å²) in [6, 6.07) is 0.663. The fourth-order valence-corrected chi connectivity index (χ4v) is 0.766. The first-order valence-electron chi connectivity index (χ1n) is 3.86. The lowest BCUT2D eigenvalue weighted by Crippen LogP contribution is -2.24. The van der Waals surface area contributed by atoms with E-state index >= 15 is 0 Å². The molecule has 0 rings (SSSR count). The van der Waals surface area contributed by atoms with Gasteiger partial charge in [-0.1, -0.05) is 11.6 Å². The highest BCUT2D eigenvalue weighted by atomic mass is 15.1. The molecule has 0 fully saturated rings. The van der Waals surface area contributed by atoms with E-state index in [1.807, 2.05) is 0 Å². The summed E-state index contributed by atoms with van der Waals surface area (Å²) in [5.41, 5.74) is 1.47. The summed E-state index contributed by atoms with van der Waals surface area (Å²) < 4.78 is 0. The lowest BCUT2D eigenvalue weighted by Gasteiger charge is -2.19. The second kappa shape index (κ2) is 4.51. The molecule has 60 valence electrons. The van der Waals surface area contributed by atoms with E-state index in [0.717, 1.165) is 0 Å². The Balaban J connectivity index is 3.68. The zero-order valence-corrected chi connectivity index (χ0v) is 7.81. The zero-order chi connectivity index (χ0) is 8.15. The predicted octanol–water partition coefficient (Wildman–Crippen LogP) is 2.29. The first-order chi connectivity index (χ1) is 4.57. The Kier molecular flexibility index (Phi) is 4.37. The molecule has 0 aromatic carbocycles. The lowest BCUT2D eigenvalue weighted by atomic mass is 10.1. The highest BCUT2D eigenvalue weighted by Gasteiger charge is 2.03. The van der Waals surface area contributed by atoms with Gasteiger partial charge in [-0.3, -0.25) is 0 Å². The molecule has 0 spiro atoms. The molecule has 0 aromatic heterocycles. The van der Waals surface area contributed by atoms with Crippen LogP contribution in [0.25, 0.3) is 0 Å². The molecular weight excluding hydrogens is 122 g/mol. The fraction of sp³-hybridized carbons (Fsp3) is 0.778. The number of nitrogens with zero attached hydrogens (tertiary/aromatic N) is 1. The monoisotopic (exact) mass is 141 g/mol. The van der Waals surface area contributed by atoms with Crippen LogP contribution in [-0.2, 0) is 0 Å². The third-order valence-electron chi connectivity index (χ3n) is 1.99. The van der Waals surface area contributed by atoms with Crippen molar-refractivity contribution < 1.29 is 0 Å². The predicted molar refractivity (Wildman–Crippen MR) is 47.2 cm³/mol. The van der Waals surface area contributed by atoms with Crippen LogP contribution in [0.15, 0.2) is 11.6 Å². The number of hydrogen-bond acceptors (Lipinski definition) is 1. The van der Waals surface area contributed by atoms with E-state index in [9.17, 15) is 0 Å². The zero-order valence-electron chi connectivity index (χ0n) is 7.81. The van der Waals surface area contributed by atoms with E-state index in [2.05, 4.69) is 45.8 Å². The van der Waals surface area contributed by atoms with E-state index in [-0.39, 0.29) is 0 Å². The van der Waals surface area contributed by atoms with Gasteiger partial charge in [-0.25, -0.2) is 0 Å². The van der Waals surface area contributed by atoms with Gasteiger partial charge in [-0.05, 0) is 41.3 Å². The standard InChI is InChI=1S/C9H19N/c1-6-8(2)7-9(3)10(4)5/h6,9H,7H2,1-5H3. The van der Waals surface area contributed by atoms with Gasteiger partial charge in [0.2, 0.25) is 0 Å². The van der Waals surface area contributed by atoms with Crippen molar-refractivity contribution in [2.75, 3.05) is 14.1 Å². The van der Waals surface area contributed by atoms with Crippen molar-refractivity contribution >= 4 is 0 Å². The van der Waals surface area contributed by atoms with Crippen LogP contribution >= 0.6 is 0 Å².